The van der Waals surface area contributed by atoms with Gasteiger partial charge in [0.25, 0.3) is 0 Å². The third-order valence-corrected chi connectivity index (χ3v) is 3.36. The number of carbonyl (C=O) groups excluding carboxylic acids is 1. The van der Waals surface area contributed by atoms with Crippen LogP contribution in [0.4, 0.5) is 16.2 Å². The molecule has 1 aliphatic heterocycles. The minimum Gasteiger partial charge on any atom is -0.454 e. The predicted octanol–water partition coefficient (Wildman–Crippen LogP) is 3.74. The summed E-state index contributed by atoms with van der Waals surface area (Å²) in [5.41, 5.74) is 1.35. The van der Waals surface area contributed by atoms with Crippen molar-refractivity contribution in [3.8, 4) is 11.5 Å². The maximum absolute atomic E-state index is 12.2. The van der Waals surface area contributed by atoms with E-state index in [1.54, 1.807) is 49.5 Å². The number of ether oxygens (including phenoxy) is 2. The van der Waals surface area contributed by atoms with Gasteiger partial charge in [0.2, 0.25) is 6.79 Å². The number of urea groups is 1. The van der Waals surface area contributed by atoms with E-state index in [1.165, 1.54) is 4.90 Å². The van der Waals surface area contributed by atoms with E-state index in [9.17, 15) is 4.79 Å². The van der Waals surface area contributed by atoms with Gasteiger partial charge in [-0.3, -0.25) is 4.90 Å². The van der Waals surface area contributed by atoms with Gasteiger partial charge in [-0.25, -0.2) is 4.79 Å². The topological polar surface area (TPSA) is 50.8 Å². The fraction of sp³-hybridized carbons (Fsp3) is 0.133. The molecule has 0 atom stereocenters. The Kier molecular flexibility index (Phi) is 3.58. The van der Waals surface area contributed by atoms with Crippen molar-refractivity contribution in [3.05, 3.63) is 47.5 Å². The standard InChI is InChI=1S/C15H13ClN2O3/c1-18(12-5-6-13-14(8-12)21-9-20-13)15(19)17-11-4-2-3-10(16)7-11/h2-8H,9H2,1H3,(H,17,19). The Labute approximate surface area is 127 Å². The van der Waals surface area contributed by atoms with E-state index in [4.69, 9.17) is 21.1 Å². The minimum absolute atomic E-state index is 0.206. The quantitative estimate of drug-likeness (QED) is 0.919. The molecule has 0 spiro atoms. The van der Waals surface area contributed by atoms with E-state index in [2.05, 4.69) is 5.32 Å². The van der Waals surface area contributed by atoms with Crippen molar-refractivity contribution in [1.29, 1.82) is 0 Å². The Balaban J connectivity index is 1.75. The summed E-state index contributed by atoms with van der Waals surface area (Å²) in [6.07, 6.45) is 0. The third kappa shape index (κ3) is 2.87. The van der Waals surface area contributed by atoms with E-state index in [0.717, 1.165) is 0 Å². The second-order valence-corrected chi connectivity index (χ2v) is 4.97. The molecular weight excluding hydrogens is 292 g/mol. The number of hydrogen-bond acceptors (Lipinski definition) is 3. The molecule has 1 N–H and O–H groups in total. The lowest BCUT2D eigenvalue weighted by Gasteiger charge is -2.18. The van der Waals surface area contributed by atoms with Crippen LogP contribution in [0.5, 0.6) is 11.5 Å². The van der Waals surface area contributed by atoms with Gasteiger partial charge in [-0.2, -0.15) is 0 Å². The first kappa shape index (κ1) is 13.6. The Morgan fingerprint density at radius 1 is 1.19 bits per heavy atom. The van der Waals surface area contributed by atoms with Gasteiger partial charge in [0.15, 0.2) is 11.5 Å². The molecule has 1 aliphatic rings. The molecule has 2 aromatic carbocycles. The number of amides is 2. The van der Waals surface area contributed by atoms with Crippen molar-refractivity contribution in [2.24, 2.45) is 0 Å². The molecule has 0 bridgehead atoms. The zero-order valence-corrected chi connectivity index (χ0v) is 12.1. The molecule has 2 amide bonds. The summed E-state index contributed by atoms with van der Waals surface area (Å²) in [7, 11) is 1.68. The molecule has 0 fully saturated rings. The second-order valence-electron chi connectivity index (χ2n) is 4.54. The number of carbonyl (C=O) groups is 1. The number of anilines is 2. The van der Waals surface area contributed by atoms with Crippen molar-refractivity contribution >= 4 is 29.0 Å². The van der Waals surface area contributed by atoms with Crippen LogP contribution < -0.4 is 19.7 Å². The average Bonchev–Trinajstić information content (AvgIpc) is 2.93. The fourth-order valence-corrected chi connectivity index (χ4v) is 2.17. The molecule has 0 aromatic heterocycles. The third-order valence-electron chi connectivity index (χ3n) is 3.12. The smallest absolute Gasteiger partial charge is 0.326 e. The van der Waals surface area contributed by atoms with Crippen molar-refractivity contribution in [2.75, 3.05) is 24.1 Å². The van der Waals surface area contributed by atoms with Gasteiger partial charge < -0.3 is 14.8 Å². The largest absolute Gasteiger partial charge is 0.454 e. The molecular formula is C15H13ClN2O3. The van der Waals surface area contributed by atoms with Gasteiger partial charge in [-0.05, 0) is 30.3 Å². The molecule has 0 unspecified atom stereocenters. The van der Waals surface area contributed by atoms with E-state index < -0.39 is 0 Å². The van der Waals surface area contributed by atoms with Crippen LogP contribution >= 0.6 is 11.6 Å². The minimum atomic E-state index is -0.267. The number of fused-ring (bicyclic) bond motifs is 1. The van der Waals surface area contributed by atoms with E-state index in [0.29, 0.717) is 27.9 Å². The van der Waals surface area contributed by atoms with E-state index >= 15 is 0 Å². The van der Waals surface area contributed by atoms with Gasteiger partial charge in [0.1, 0.15) is 0 Å². The molecule has 0 saturated carbocycles. The van der Waals surface area contributed by atoms with E-state index in [1.807, 2.05) is 0 Å². The van der Waals surface area contributed by atoms with Crippen molar-refractivity contribution in [2.45, 2.75) is 0 Å². The van der Waals surface area contributed by atoms with Gasteiger partial charge in [-0.1, -0.05) is 17.7 Å². The first-order valence-electron chi connectivity index (χ1n) is 6.33. The van der Waals surface area contributed by atoms with Crippen molar-refractivity contribution < 1.29 is 14.3 Å². The summed E-state index contributed by atoms with van der Waals surface area (Å²) < 4.78 is 10.6. The van der Waals surface area contributed by atoms with Crippen molar-refractivity contribution in [3.63, 3.8) is 0 Å². The monoisotopic (exact) mass is 304 g/mol. The molecule has 2 aromatic rings. The normalized spacial score (nSPS) is 12.1. The molecule has 0 radical (unpaired) electrons. The van der Waals surface area contributed by atoms with Gasteiger partial charge in [0.05, 0.1) is 0 Å². The van der Waals surface area contributed by atoms with Crippen LogP contribution in [0.2, 0.25) is 5.02 Å². The summed E-state index contributed by atoms with van der Waals surface area (Å²) in [5.74, 6) is 1.32. The Morgan fingerprint density at radius 2 is 2.00 bits per heavy atom. The molecule has 3 rings (SSSR count). The maximum atomic E-state index is 12.2. The highest BCUT2D eigenvalue weighted by atomic mass is 35.5. The summed E-state index contributed by atoms with van der Waals surface area (Å²) in [5, 5.41) is 3.35. The highest BCUT2D eigenvalue weighted by Gasteiger charge is 2.17. The van der Waals surface area contributed by atoms with Gasteiger partial charge in [0, 0.05) is 29.5 Å². The Bertz CT molecular complexity index is 690. The van der Waals surface area contributed by atoms with Crippen LogP contribution in [0.1, 0.15) is 0 Å². The summed E-state index contributed by atoms with van der Waals surface area (Å²) in [6.45, 7) is 0.206. The molecule has 108 valence electrons. The summed E-state index contributed by atoms with van der Waals surface area (Å²) >= 11 is 5.89. The summed E-state index contributed by atoms with van der Waals surface area (Å²) in [4.78, 5) is 13.7. The number of halogens is 1. The molecule has 0 saturated heterocycles. The van der Waals surface area contributed by atoms with Crippen LogP contribution in [0, 0.1) is 0 Å². The SMILES string of the molecule is CN(C(=O)Nc1cccc(Cl)c1)c1ccc2c(c1)OCO2. The Morgan fingerprint density at radius 3 is 2.81 bits per heavy atom. The molecule has 0 aliphatic carbocycles. The lowest BCUT2D eigenvalue weighted by Crippen LogP contribution is -2.31. The second kappa shape index (κ2) is 5.54. The Hall–Kier alpha value is -2.40. The van der Waals surface area contributed by atoms with Gasteiger partial charge >= 0.3 is 6.03 Å². The lowest BCUT2D eigenvalue weighted by molar-refractivity contribution is 0.174. The molecule has 1 heterocycles. The highest BCUT2D eigenvalue weighted by molar-refractivity contribution is 6.30. The maximum Gasteiger partial charge on any atom is 0.326 e. The van der Waals surface area contributed by atoms with Gasteiger partial charge in [-0.15, -0.1) is 0 Å². The van der Waals surface area contributed by atoms with Crippen LogP contribution in [0.3, 0.4) is 0 Å². The zero-order valence-electron chi connectivity index (χ0n) is 11.3. The number of benzene rings is 2. The zero-order chi connectivity index (χ0) is 14.8. The predicted molar refractivity (Wildman–Crippen MR) is 81.4 cm³/mol. The highest BCUT2D eigenvalue weighted by Crippen LogP contribution is 2.35. The number of hydrogen-bond donors (Lipinski definition) is 1. The van der Waals surface area contributed by atoms with Crippen LogP contribution in [-0.2, 0) is 0 Å². The van der Waals surface area contributed by atoms with Crippen LogP contribution in [0.15, 0.2) is 42.5 Å². The molecule has 21 heavy (non-hydrogen) atoms. The first-order valence-corrected chi connectivity index (χ1v) is 6.71. The lowest BCUT2D eigenvalue weighted by atomic mass is 10.2. The molecule has 6 heteroatoms. The fourth-order valence-electron chi connectivity index (χ4n) is 1.98. The van der Waals surface area contributed by atoms with Crippen molar-refractivity contribution in [1.82, 2.24) is 0 Å². The number of nitrogens with one attached hydrogen (secondary N) is 1. The summed E-state index contributed by atoms with van der Waals surface area (Å²) in [6, 6.07) is 12.1. The molecule has 5 nitrogen and oxygen atoms in total. The average molecular weight is 305 g/mol. The van der Waals surface area contributed by atoms with Crippen LogP contribution in [0.25, 0.3) is 0 Å². The number of nitrogens with zero attached hydrogens (tertiary/aromatic N) is 1. The van der Waals surface area contributed by atoms with E-state index in [-0.39, 0.29) is 12.8 Å². The first-order chi connectivity index (χ1) is 10.1. The van der Waals surface area contributed by atoms with Crippen LogP contribution in [-0.4, -0.2) is 19.9 Å². The number of rotatable bonds is 2.